The van der Waals surface area contributed by atoms with Crippen molar-refractivity contribution in [1.82, 2.24) is 10.2 Å². The summed E-state index contributed by atoms with van der Waals surface area (Å²) in [5, 5.41) is 3.29. The van der Waals surface area contributed by atoms with E-state index in [2.05, 4.69) is 26.1 Å². The number of amides is 2. The van der Waals surface area contributed by atoms with Gasteiger partial charge in [0.25, 0.3) is 5.91 Å². The molecular formula is C29H33ClN2O3. The van der Waals surface area contributed by atoms with Gasteiger partial charge < -0.3 is 15.0 Å². The molecule has 3 aromatic rings. The topological polar surface area (TPSA) is 58.6 Å². The second-order valence-electron chi connectivity index (χ2n) is 9.53. The molecule has 35 heavy (non-hydrogen) atoms. The van der Waals surface area contributed by atoms with Gasteiger partial charge in [0.2, 0.25) is 5.91 Å². The first-order chi connectivity index (χ1) is 16.7. The molecule has 0 aliphatic heterocycles. The van der Waals surface area contributed by atoms with Crippen molar-refractivity contribution < 1.29 is 14.3 Å². The summed E-state index contributed by atoms with van der Waals surface area (Å²) in [6.07, 6.45) is 0.382. The number of hydrogen-bond donors (Lipinski definition) is 1. The van der Waals surface area contributed by atoms with Crippen LogP contribution < -0.4 is 10.1 Å². The van der Waals surface area contributed by atoms with Crippen LogP contribution in [0, 0.1) is 0 Å². The van der Waals surface area contributed by atoms with Gasteiger partial charge in [0, 0.05) is 25.0 Å². The number of halogens is 1. The summed E-state index contributed by atoms with van der Waals surface area (Å²) in [5.74, 6) is 0.0850. The van der Waals surface area contributed by atoms with Crippen molar-refractivity contribution in [2.24, 2.45) is 0 Å². The Bertz CT molecular complexity index is 1120. The van der Waals surface area contributed by atoms with E-state index in [-0.39, 0.29) is 30.4 Å². The van der Waals surface area contributed by atoms with Crippen LogP contribution in [0.4, 0.5) is 0 Å². The SMILES string of the molecule is CNC(=O)[C@@H](Cc1ccccc1)N(Cc1cccc(Cl)c1)C(=O)COc1ccc(C(C)(C)C)cc1. The first kappa shape index (κ1) is 26.3. The van der Waals surface area contributed by atoms with Gasteiger partial charge in [0.1, 0.15) is 11.8 Å². The standard InChI is InChI=1S/C29H33ClN2O3/c1-29(2,3)23-13-15-25(16-14-23)35-20-27(33)32(19-22-11-8-12-24(30)17-22)26(28(34)31-4)18-21-9-6-5-7-10-21/h5-17,26H,18-20H2,1-4H3,(H,31,34)/t26-/m1/s1. The van der Waals surface area contributed by atoms with Crippen molar-refractivity contribution in [3.05, 3.63) is 101 Å². The zero-order valence-corrected chi connectivity index (χ0v) is 21.5. The second kappa shape index (κ2) is 11.9. The highest BCUT2D eigenvalue weighted by Gasteiger charge is 2.30. The number of nitrogens with zero attached hydrogens (tertiary/aromatic N) is 1. The first-order valence-electron chi connectivity index (χ1n) is 11.7. The number of rotatable bonds is 9. The quantitative estimate of drug-likeness (QED) is 0.435. The van der Waals surface area contributed by atoms with Crippen molar-refractivity contribution in [3.63, 3.8) is 0 Å². The largest absolute Gasteiger partial charge is 0.484 e. The maximum atomic E-state index is 13.5. The van der Waals surface area contributed by atoms with Crippen LogP contribution in [-0.2, 0) is 28.0 Å². The van der Waals surface area contributed by atoms with Crippen molar-refractivity contribution in [1.29, 1.82) is 0 Å². The Kier molecular flexibility index (Phi) is 8.94. The van der Waals surface area contributed by atoms with Gasteiger partial charge in [-0.2, -0.15) is 0 Å². The average Bonchev–Trinajstić information content (AvgIpc) is 2.84. The van der Waals surface area contributed by atoms with Gasteiger partial charge in [0.05, 0.1) is 0 Å². The van der Waals surface area contributed by atoms with Gasteiger partial charge in [-0.1, -0.05) is 87.0 Å². The highest BCUT2D eigenvalue weighted by Crippen LogP contribution is 2.24. The zero-order chi connectivity index (χ0) is 25.4. The molecule has 6 heteroatoms. The third kappa shape index (κ3) is 7.59. The highest BCUT2D eigenvalue weighted by molar-refractivity contribution is 6.30. The predicted molar refractivity (Wildman–Crippen MR) is 141 cm³/mol. The van der Waals surface area contributed by atoms with Crippen LogP contribution in [0.3, 0.4) is 0 Å². The third-order valence-electron chi connectivity index (χ3n) is 5.84. The molecule has 0 aliphatic carbocycles. The molecule has 3 aromatic carbocycles. The van der Waals surface area contributed by atoms with Gasteiger partial charge in [-0.25, -0.2) is 0 Å². The molecule has 1 N–H and O–H groups in total. The Labute approximate surface area is 213 Å². The lowest BCUT2D eigenvalue weighted by molar-refractivity contribution is -0.142. The minimum absolute atomic E-state index is 0.0281. The first-order valence-corrected chi connectivity index (χ1v) is 12.1. The minimum Gasteiger partial charge on any atom is -0.484 e. The van der Waals surface area contributed by atoms with Crippen LogP contribution in [0.1, 0.15) is 37.5 Å². The van der Waals surface area contributed by atoms with Gasteiger partial charge in [-0.3, -0.25) is 9.59 Å². The molecule has 0 unspecified atom stereocenters. The maximum absolute atomic E-state index is 13.5. The fraction of sp³-hybridized carbons (Fsp3) is 0.310. The third-order valence-corrected chi connectivity index (χ3v) is 6.08. The van der Waals surface area contributed by atoms with Crippen LogP contribution in [0.5, 0.6) is 5.75 Å². The maximum Gasteiger partial charge on any atom is 0.261 e. The summed E-state index contributed by atoms with van der Waals surface area (Å²) in [6.45, 7) is 6.48. The highest BCUT2D eigenvalue weighted by atomic mass is 35.5. The van der Waals surface area contributed by atoms with E-state index in [1.54, 1.807) is 24.1 Å². The molecule has 0 spiro atoms. The van der Waals surface area contributed by atoms with E-state index in [1.165, 1.54) is 5.56 Å². The molecule has 0 fully saturated rings. The average molecular weight is 493 g/mol. The molecule has 0 aliphatic rings. The van der Waals surface area contributed by atoms with Crippen LogP contribution in [0.2, 0.25) is 5.02 Å². The van der Waals surface area contributed by atoms with Crippen LogP contribution in [-0.4, -0.2) is 36.4 Å². The van der Waals surface area contributed by atoms with Crippen molar-refractivity contribution in [2.45, 2.75) is 45.2 Å². The Morgan fingerprint density at radius 3 is 2.20 bits per heavy atom. The molecule has 0 saturated heterocycles. The van der Waals surface area contributed by atoms with E-state index in [1.807, 2.05) is 66.7 Å². The van der Waals surface area contributed by atoms with Crippen LogP contribution >= 0.6 is 11.6 Å². The number of carbonyl (C=O) groups excluding carboxylic acids is 2. The fourth-order valence-corrected chi connectivity index (χ4v) is 4.04. The summed E-state index contributed by atoms with van der Waals surface area (Å²) in [4.78, 5) is 28.0. The predicted octanol–water partition coefficient (Wildman–Crippen LogP) is 5.40. The summed E-state index contributed by atoms with van der Waals surface area (Å²) in [5.41, 5.74) is 3.01. The number of carbonyl (C=O) groups is 2. The van der Waals surface area contributed by atoms with Crippen molar-refractivity contribution in [2.75, 3.05) is 13.7 Å². The molecule has 0 saturated carbocycles. The number of likely N-dealkylation sites (N-methyl/N-ethyl adjacent to an activating group) is 1. The van der Waals surface area contributed by atoms with Gasteiger partial charge in [-0.15, -0.1) is 0 Å². The summed E-state index contributed by atoms with van der Waals surface area (Å²) in [6, 6.07) is 24.0. The van der Waals surface area contributed by atoms with Gasteiger partial charge >= 0.3 is 0 Å². The number of hydrogen-bond acceptors (Lipinski definition) is 3. The van der Waals surface area contributed by atoms with Crippen molar-refractivity contribution in [3.8, 4) is 5.75 Å². The monoisotopic (exact) mass is 492 g/mol. The Balaban J connectivity index is 1.84. The molecule has 0 bridgehead atoms. The summed E-state index contributed by atoms with van der Waals surface area (Å²) >= 11 is 6.19. The van der Waals surface area contributed by atoms with E-state index in [0.717, 1.165) is 11.1 Å². The summed E-state index contributed by atoms with van der Waals surface area (Å²) < 4.78 is 5.84. The zero-order valence-electron chi connectivity index (χ0n) is 20.8. The molecule has 5 nitrogen and oxygen atoms in total. The fourth-order valence-electron chi connectivity index (χ4n) is 3.83. The molecular weight excluding hydrogens is 460 g/mol. The van der Waals surface area contributed by atoms with E-state index >= 15 is 0 Å². The van der Waals surface area contributed by atoms with E-state index in [4.69, 9.17) is 16.3 Å². The Morgan fingerprint density at radius 2 is 1.60 bits per heavy atom. The summed E-state index contributed by atoms with van der Waals surface area (Å²) in [7, 11) is 1.58. The normalized spacial score (nSPS) is 12.0. The second-order valence-corrected chi connectivity index (χ2v) is 9.97. The number of nitrogens with one attached hydrogen (secondary N) is 1. The molecule has 3 rings (SSSR count). The molecule has 1 atom stereocenters. The Hall–Kier alpha value is -3.31. The van der Waals surface area contributed by atoms with Crippen molar-refractivity contribution >= 4 is 23.4 Å². The van der Waals surface area contributed by atoms with Crippen LogP contribution in [0.25, 0.3) is 0 Å². The lowest BCUT2D eigenvalue weighted by Crippen LogP contribution is -2.51. The van der Waals surface area contributed by atoms with Gasteiger partial charge in [-0.05, 0) is 46.4 Å². The number of benzene rings is 3. The molecule has 0 radical (unpaired) electrons. The van der Waals surface area contributed by atoms with Crippen LogP contribution in [0.15, 0.2) is 78.9 Å². The van der Waals surface area contributed by atoms with E-state index in [0.29, 0.717) is 17.2 Å². The molecule has 184 valence electrons. The molecule has 0 aromatic heterocycles. The number of ether oxygens (including phenoxy) is 1. The minimum atomic E-state index is -0.708. The Morgan fingerprint density at radius 1 is 0.943 bits per heavy atom. The van der Waals surface area contributed by atoms with E-state index < -0.39 is 6.04 Å². The molecule has 0 heterocycles. The lowest BCUT2D eigenvalue weighted by atomic mass is 9.87. The van der Waals surface area contributed by atoms with E-state index in [9.17, 15) is 9.59 Å². The van der Waals surface area contributed by atoms with Gasteiger partial charge in [0.15, 0.2) is 6.61 Å². The lowest BCUT2D eigenvalue weighted by Gasteiger charge is -2.31. The molecule has 2 amide bonds. The smallest absolute Gasteiger partial charge is 0.261 e.